The molecular formula is C26H23FN4O3S2. The van der Waals surface area contributed by atoms with E-state index < -0.39 is 0 Å². The molecule has 36 heavy (non-hydrogen) atoms. The number of carbonyl (C=O) groups excluding carboxylic acids is 1. The van der Waals surface area contributed by atoms with Crippen LogP contribution in [0, 0.1) is 5.82 Å². The van der Waals surface area contributed by atoms with Crippen molar-refractivity contribution in [1.29, 1.82) is 0 Å². The lowest BCUT2D eigenvalue weighted by Crippen LogP contribution is -2.24. The van der Waals surface area contributed by atoms with Crippen molar-refractivity contribution in [3.05, 3.63) is 80.7 Å². The van der Waals surface area contributed by atoms with Gasteiger partial charge in [0.05, 0.1) is 30.2 Å². The predicted molar refractivity (Wildman–Crippen MR) is 141 cm³/mol. The standard InChI is InChI=1S/C26H23FN4O3S2/c1-34-19-12-10-18(11-13-19)31-25(33)23-20-4-2-3-5-21(20)36-24(23)29-26(31)35-15-22(32)30-28-14-16-6-8-17(27)9-7-16/h6-14H,2-5,15H2,1H3,(H,30,32). The molecule has 184 valence electrons. The third-order valence-corrected chi connectivity index (χ3v) is 8.02. The summed E-state index contributed by atoms with van der Waals surface area (Å²) in [5, 5.41) is 5.06. The molecule has 1 N–H and O–H groups in total. The Balaban J connectivity index is 1.43. The zero-order valence-electron chi connectivity index (χ0n) is 19.5. The van der Waals surface area contributed by atoms with Crippen LogP contribution in [0.3, 0.4) is 0 Å². The van der Waals surface area contributed by atoms with E-state index in [2.05, 4.69) is 10.5 Å². The normalized spacial score (nSPS) is 13.2. The fourth-order valence-electron chi connectivity index (χ4n) is 4.13. The minimum absolute atomic E-state index is 0.0138. The SMILES string of the molecule is COc1ccc(-n2c(SCC(=O)NN=Cc3ccc(F)cc3)nc3sc4c(c3c2=O)CCCC4)cc1. The smallest absolute Gasteiger partial charge is 0.267 e. The first-order valence-corrected chi connectivity index (χ1v) is 13.3. The zero-order chi connectivity index (χ0) is 25.1. The maximum absolute atomic E-state index is 13.8. The van der Waals surface area contributed by atoms with Crippen molar-refractivity contribution in [2.24, 2.45) is 5.10 Å². The van der Waals surface area contributed by atoms with E-state index in [4.69, 9.17) is 9.72 Å². The Kier molecular flexibility index (Phi) is 7.15. The van der Waals surface area contributed by atoms with Gasteiger partial charge in [0.25, 0.3) is 11.5 Å². The number of rotatable bonds is 7. The number of methoxy groups -OCH3 is 1. The summed E-state index contributed by atoms with van der Waals surface area (Å²) < 4.78 is 19.9. The van der Waals surface area contributed by atoms with Gasteiger partial charge in [0, 0.05) is 4.88 Å². The van der Waals surface area contributed by atoms with Crippen LogP contribution < -0.4 is 15.7 Å². The number of thiophene rings is 1. The van der Waals surface area contributed by atoms with E-state index in [1.165, 1.54) is 35.0 Å². The highest BCUT2D eigenvalue weighted by molar-refractivity contribution is 7.99. The number of hydrazone groups is 1. The van der Waals surface area contributed by atoms with Crippen molar-refractivity contribution in [1.82, 2.24) is 15.0 Å². The first kappa shape index (κ1) is 24.2. The molecule has 5 rings (SSSR count). The Hall–Kier alpha value is -3.50. The van der Waals surface area contributed by atoms with Crippen molar-refractivity contribution < 1.29 is 13.9 Å². The Bertz CT molecular complexity index is 1500. The fourth-order valence-corrected chi connectivity index (χ4v) is 6.24. The Morgan fingerprint density at radius 1 is 1.19 bits per heavy atom. The largest absolute Gasteiger partial charge is 0.497 e. The lowest BCUT2D eigenvalue weighted by molar-refractivity contribution is -0.118. The summed E-state index contributed by atoms with van der Waals surface area (Å²) in [6.07, 6.45) is 5.48. The number of aryl methyl sites for hydroxylation is 2. The van der Waals surface area contributed by atoms with Crippen LogP contribution in [0.1, 0.15) is 28.8 Å². The molecule has 2 aromatic carbocycles. The number of halogens is 1. The second-order valence-corrected chi connectivity index (χ2v) is 10.3. The van der Waals surface area contributed by atoms with E-state index in [0.29, 0.717) is 32.4 Å². The number of nitrogens with zero attached hydrogens (tertiary/aromatic N) is 3. The molecule has 0 atom stereocenters. The number of aromatic nitrogens is 2. The number of carbonyl (C=O) groups is 1. The van der Waals surface area contributed by atoms with Crippen LogP contribution in [0.25, 0.3) is 15.9 Å². The number of nitrogens with one attached hydrogen (secondary N) is 1. The van der Waals surface area contributed by atoms with E-state index in [-0.39, 0.29) is 23.0 Å². The van der Waals surface area contributed by atoms with Crippen molar-refractivity contribution in [2.45, 2.75) is 30.8 Å². The number of benzene rings is 2. The van der Waals surface area contributed by atoms with Crippen LogP contribution in [0.2, 0.25) is 0 Å². The monoisotopic (exact) mass is 522 g/mol. The van der Waals surface area contributed by atoms with Gasteiger partial charge in [-0.2, -0.15) is 5.10 Å². The second kappa shape index (κ2) is 10.6. The highest BCUT2D eigenvalue weighted by atomic mass is 32.2. The van der Waals surface area contributed by atoms with Gasteiger partial charge < -0.3 is 4.74 Å². The lowest BCUT2D eigenvalue weighted by atomic mass is 9.97. The van der Waals surface area contributed by atoms with Gasteiger partial charge >= 0.3 is 0 Å². The van der Waals surface area contributed by atoms with E-state index in [9.17, 15) is 14.0 Å². The molecule has 0 radical (unpaired) electrons. The number of hydrogen-bond donors (Lipinski definition) is 1. The van der Waals surface area contributed by atoms with E-state index in [0.717, 1.165) is 31.2 Å². The molecule has 1 aliphatic carbocycles. The average molecular weight is 523 g/mol. The van der Waals surface area contributed by atoms with Gasteiger partial charge in [0.1, 0.15) is 16.4 Å². The summed E-state index contributed by atoms with van der Waals surface area (Å²) in [5.74, 6) is 0.00677. The summed E-state index contributed by atoms with van der Waals surface area (Å²) in [6, 6.07) is 13.0. The van der Waals surface area contributed by atoms with Crippen LogP contribution in [0.15, 0.2) is 63.6 Å². The summed E-state index contributed by atoms with van der Waals surface area (Å²) in [7, 11) is 1.59. The van der Waals surface area contributed by atoms with E-state index in [1.54, 1.807) is 47.3 Å². The van der Waals surface area contributed by atoms with Gasteiger partial charge in [0.15, 0.2) is 5.16 Å². The highest BCUT2D eigenvalue weighted by Crippen LogP contribution is 2.35. The lowest BCUT2D eigenvalue weighted by Gasteiger charge is -2.14. The van der Waals surface area contributed by atoms with Gasteiger partial charge in [-0.25, -0.2) is 14.8 Å². The van der Waals surface area contributed by atoms with E-state index in [1.807, 2.05) is 12.1 Å². The number of thioether (sulfide) groups is 1. The van der Waals surface area contributed by atoms with Crippen molar-refractivity contribution in [3.63, 3.8) is 0 Å². The first-order valence-electron chi connectivity index (χ1n) is 11.5. The molecule has 1 aliphatic rings. The maximum Gasteiger partial charge on any atom is 0.267 e. The predicted octanol–water partition coefficient (Wildman–Crippen LogP) is 4.72. The molecule has 0 fully saturated rings. The molecule has 10 heteroatoms. The average Bonchev–Trinajstić information content (AvgIpc) is 3.27. The summed E-state index contributed by atoms with van der Waals surface area (Å²) in [6.45, 7) is 0. The quantitative estimate of drug-likeness (QED) is 0.164. The molecule has 1 amide bonds. The molecule has 4 aromatic rings. The fraction of sp³-hybridized carbons (Fsp3) is 0.231. The molecular weight excluding hydrogens is 499 g/mol. The molecule has 2 heterocycles. The zero-order valence-corrected chi connectivity index (χ0v) is 21.1. The van der Waals surface area contributed by atoms with Crippen LogP contribution in [-0.4, -0.2) is 34.5 Å². The van der Waals surface area contributed by atoms with Crippen molar-refractivity contribution >= 4 is 45.4 Å². The topological polar surface area (TPSA) is 85.6 Å². The molecule has 2 aromatic heterocycles. The number of fused-ring (bicyclic) bond motifs is 3. The number of ether oxygens (including phenoxy) is 1. The second-order valence-electron chi connectivity index (χ2n) is 8.26. The first-order chi connectivity index (χ1) is 17.5. The van der Waals surface area contributed by atoms with Gasteiger partial charge in [-0.05, 0) is 73.2 Å². The minimum atomic E-state index is -0.348. The molecule has 7 nitrogen and oxygen atoms in total. The Labute approximate surface area is 215 Å². The Morgan fingerprint density at radius 2 is 1.94 bits per heavy atom. The summed E-state index contributed by atoms with van der Waals surface area (Å²) in [5.41, 5.74) is 4.78. The molecule has 0 aliphatic heterocycles. The van der Waals surface area contributed by atoms with Gasteiger partial charge in [-0.1, -0.05) is 23.9 Å². The maximum atomic E-state index is 13.8. The van der Waals surface area contributed by atoms with Crippen molar-refractivity contribution in [2.75, 3.05) is 12.9 Å². The van der Waals surface area contributed by atoms with Gasteiger partial charge in [-0.15, -0.1) is 11.3 Å². The Morgan fingerprint density at radius 3 is 2.69 bits per heavy atom. The van der Waals surface area contributed by atoms with Gasteiger partial charge in [0.2, 0.25) is 0 Å². The molecule has 0 saturated heterocycles. The van der Waals surface area contributed by atoms with Gasteiger partial charge in [-0.3, -0.25) is 14.2 Å². The van der Waals surface area contributed by atoms with Crippen LogP contribution >= 0.6 is 23.1 Å². The highest BCUT2D eigenvalue weighted by Gasteiger charge is 2.23. The van der Waals surface area contributed by atoms with Crippen LogP contribution in [0.5, 0.6) is 5.75 Å². The van der Waals surface area contributed by atoms with Crippen LogP contribution in [-0.2, 0) is 17.6 Å². The third-order valence-electron chi connectivity index (χ3n) is 5.89. The summed E-state index contributed by atoms with van der Waals surface area (Å²) >= 11 is 2.75. The molecule has 0 spiro atoms. The summed E-state index contributed by atoms with van der Waals surface area (Å²) in [4.78, 5) is 33.0. The third kappa shape index (κ3) is 5.05. The number of hydrogen-bond acceptors (Lipinski definition) is 7. The van der Waals surface area contributed by atoms with Crippen molar-refractivity contribution in [3.8, 4) is 11.4 Å². The van der Waals surface area contributed by atoms with E-state index >= 15 is 0 Å². The molecule has 0 saturated carbocycles. The minimum Gasteiger partial charge on any atom is -0.497 e. The molecule has 0 unspecified atom stereocenters. The number of amides is 1. The molecule has 0 bridgehead atoms. The van der Waals surface area contributed by atoms with Crippen LogP contribution in [0.4, 0.5) is 4.39 Å².